The van der Waals surface area contributed by atoms with Gasteiger partial charge in [-0.05, 0) is 44.0 Å². The molecule has 1 atom stereocenters. The van der Waals surface area contributed by atoms with E-state index in [1.807, 2.05) is 13.0 Å². The molecule has 1 rings (SSSR count). The van der Waals surface area contributed by atoms with Crippen LogP contribution in [0.25, 0.3) is 0 Å². The van der Waals surface area contributed by atoms with Crippen molar-refractivity contribution in [2.45, 2.75) is 26.4 Å². The van der Waals surface area contributed by atoms with E-state index in [9.17, 15) is 4.79 Å². The van der Waals surface area contributed by atoms with E-state index in [0.717, 1.165) is 11.3 Å². The zero-order chi connectivity index (χ0) is 13.5. The number of hydrogen-bond acceptors (Lipinski definition) is 3. The number of ether oxygens (including phenoxy) is 1. The van der Waals surface area contributed by atoms with Gasteiger partial charge < -0.3 is 20.5 Å². The van der Waals surface area contributed by atoms with Crippen molar-refractivity contribution in [2.24, 2.45) is 0 Å². The Labute approximate surface area is 107 Å². The second-order valence-corrected chi connectivity index (χ2v) is 4.20. The summed E-state index contributed by atoms with van der Waals surface area (Å²) in [6.45, 7) is 4.04. The Kier molecular flexibility index (Phi) is 5.45. The minimum atomic E-state index is -0.409. The van der Waals surface area contributed by atoms with Crippen molar-refractivity contribution in [2.75, 3.05) is 19.0 Å². The molecule has 0 fully saturated rings. The van der Waals surface area contributed by atoms with Crippen LogP contribution in [0, 0.1) is 6.92 Å². The highest BCUT2D eigenvalue weighted by atomic mass is 16.5. The minimum Gasteiger partial charge on any atom is -0.496 e. The number of aryl methyl sites for hydroxylation is 1. The molecule has 0 saturated heterocycles. The highest BCUT2D eigenvalue weighted by Gasteiger charge is 2.04. The lowest BCUT2D eigenvalue weighted by molar-refractivity contribution is 0.184. The van der Waals surface area contributed by atoms with Gasteiger partial charge in [0.15, 0.2) is 0 Å². The SMILES string of the molecule is COc1ccc(NC(=O)NCCC(C)O)cc1C. The number of amides is 2. The van der Waals surface area contributed by atoms with Gasteiger partial charge in [-0.25, -0.2) is 4.79 Å². The summed E-state index contributed by atoms with van der Waals surface area (Å²) in [6.07, 6.45) is 0.128. The van der Waals surface area contributed by atoms with Crippen LogP contribution < -0.4 is 15.4 Å². The lowest BCUT2D eigenvalue weighted by atomic mass is 10.2. The number of urea groups is 1. The number of nitrogens with one attached hydrogen (secondary N) is 2. The van der Waals surface area contributed by atoms with Crippen molar-refractivity contribution < 1.29 is 14.6 Å². The van der Waals surface area contributed by atoms with Gasteiger partial charge in [-0.2, -0.15) is 0 Å². The Morgan fingerprint density at radius 3 is 2.78 bits per heavy atom. The molecule has 1 unspecified atom stereocenters. The van der Waals surface area contributed by atoms with E-state index >= 15 is 0 Å². The molecule has 0 heterocycles. The van der Waals surface area contributed by atoms with Gasteiger partial charge in [-0.3, -0.25) is 0 Å². The summed E-state index contributed by atoms with van der Waals surface area (Å²) in [5.41, 5.74) is 1.67. The smallest absolute Gasteiger partial charge is 0.319 e. The maximum Gasteiger partial charge on any atom is 0.319 e. The zero-order valence-electron chi connectivity index (χ0n) is 11.0. The molecular formula is C13H20N2O3. The average molecular weight is 252 g/mol. The molecule has 2 amide bonds. The fraction of sp³-hybridized carbons (Fsp3) is 0.462. The first-order valence-corrected chi connectivity index (χ1v) is 5.90. The summed E-state index contributed by atoms with van der Waals surface area (Å²) in [6, 6.07) is 5.15. The van der Waals surface area contributed by atoms with Crippen molar-refractivity contribution in [3.8, 4) is 5.75 Å². The molecule has 100 valence electrons. The Morgan fingerprint density at radius 2 is 2.22 bits per heavy atom. The molecule has 0 aliphatic heterocycles. The fourth-order valence-corrected chi connectivity index (χ4v) is 1.53. The van der Waals surface area contributed by atoms with Crippen LogP contribution in [-0.4, -0.2) is 30.9 Å². The zero-order valence-corrected chi connectivity index (χ0v) is 11.0. The van der Waals surface area contributed by atoms with Gasteiger partial charge in [0.1, 0.15) is 5.75 Å². The number of methoxy groups -OCH3 is 1. The highest BCUT2D eigenvalue weighted by Crippen LogP contribution is 2.21. The third-order valence-corrected chi connectivity index (χ3v) is 2.50. The van der Waals surface area contributed by atoms with Gasteiger partial charge in [-0.1, -0.05) is 0 Å². The lowest BCUT2D eigenvalue weighted by Crippen LogP contribution is -2.30. The van der Waals surface area contributed by atoms with E-state index < -0.39 is 6.10 Å². The molecule has 1 aromatic carbocycles. The largest absolute Gasteiger partial charge is 0.496 e. The molecule has 0 aromatic heterocycles. The number of carbonyl (C=O) groups excluding carboxylic acids is 1. The monoisotopic (exact) mass is 252 g/mol. The molecule has 0 saturated carbocycles. The van der Waals surface area contributed by atoms with Crippen LogP contribution in [0.15, 0.2) is 18.2 Å². The van der Waals surface area contributed by atoms with Gasteiger partial charge in [0.05, 0.1) is 13.2 Å². The number of aliphatic hydroxyl groups is 1. The van der Waals surface area contributed by atoms with Gasteiger partial charge in [-0.15, -0.1) is 0 Å². The molecule has 0 radical (unpaired) electrons. The topological polar surface area (TPSA) is 70.6 Å². The van der Waals surface area contributed by atoms with Crippen LogP contribution in [0.1, 0.15) is 18.9 Å². The first-order valence-electron chi connectivity index (χ1n) is 5.90. The van der Waals surface area contributed by atoms with E-state index in [1.54, 1.807) is 26.2 Å². The molecule has 3 N–H and O–H groups in total. The minimum absolute atomic E-state index is 0.278. The summed E-state index contributed by atoms with van der Waals surface area (Å²) in [7, 11) is 1.61. The molecule has 1 aromatic rings. The predicted molar refractivity (Wildman–Crippen MR) is 71.1 cm³/mol. The Morgan fingerprint density at radius 1 is 1.50 bits per heavy atom. The fourth-order valence-electron chi connectivity index (χ4n) is 1.53. The molecular weight excluding hydrogens is 232 g/mol. The standard InChI is InChI=1S/C13H20N2O3/c1-9-8-11(4-5-12(9)18-3)15-13(17)14-7-6-10(2)16/h4-5,8,10,16H,6-7H2,1-3H3,(H2,14,15,17). The van der Waals surface area contributed by atoms with Crippen LogP contribution in [0.4, 0.5) is 10.5 Å². The summed E-state index contributed by atoms with van der Waals surface area (Å²) < 4.78 is 5.14. The number of rotatable bonds is 5. The molecule has 0 aliphatic rings. The number of benzene rings is 1. The van der Waals surface area contributed by atoms with E-state index in [1.165, 1.54) is 0 Å². The van der Waals surface area contributed by atoms with Crippen LogP contribution in [-0.2, 0) is 0 Å². The number of carbonyl (C=O) groups is 1. The normalized spacial score (nSPS) is 11.8. The van der Waals surface area contributed by atoms with Crippen molar-refractivity contribution >= 4 is 11.7 Å². The van der Waals surface area contributed by atoms with E-state index in [4.69, 9.17) is 9.84 Å². The third kappa shape index (κ3) is 4.63. The summed E-state index contributed by atoms with van der Waals surface area (Å²) in [5, 5.41) is 14.5. The second-order valence-electron chi connectivity index (χ2n) is 4.20. The Hall–Kier alpha value is -1.75. The van der Waals surface area contributed by atoms with Gasteiger partial charge in [0.2, 0.25) is 0 Å². The van der Waals surface area contributed by atoms with E-state index in [2.05, 4.69) is 10.6 Å². The van der Waals surface area contributed by atoms with Crippen molar-refractivity contribution in [1.82, 2.24) is 5.32 Å². The average Bonchev–Trinajstić information content (AvgIpc) is 2.28. The van der Waals surface area contributed by atoms with Crippen molar-refractivity contribution in [1.29, 1.82) is 0 Å². The van der Waals surface area contributed by atoms with Crippen molar-refractivity contribution in [3.63, 3.8) is 0 Å². The van der Waals surface area contributed by atoms with E-state index in [0.29, 0.717) is 18.7 Å². The molecule has 5 nitrogen and oxygen atoms in total. The summed E-state index contributed by atoms with van der Waals surface area (Å²) >= 11 is 0. The first-order chi connectivity index (χ1) is 8.52. The lowest BCUT2D eigenvalue weighted by Gasteiger charge is -2.10. The Balaban J connectivity index is 2.47. The molecule has 0 bridgehead atoms. The maximum atomic E-state index is 11.5. The number of aliphatic hydroxyl groups excluding tert-OH is 1. The summed E-state index contributed by atoms with van der Waals surface area (Å²) in [5.74, 6) is 0.787. The molecule has 18 heavy (non-hydrogen) atoms. The van der Waals surface area contributed by atoms with E-state index in [-0.39, 0.29) is 6.03 Å². The summed E-state index contributed by atoms with van der Waals surface area (Å²) in [4.78, 5) is 11.5. The molecule has 5 heteroatoms. The molecule has 0 spiro atoms. The third-order valence-electron chi connectivity index (χ3n) is 2.50. The Bertz CT molecular complexity index is 405. The van der Waals surface area contributed by atoms with Crippen molar-refractivity contribution in [3.05, 3.63) is 23.8 Å². The van der Waals surface area contributed by atoms with Crippen LogP contribution in [0.3, 0.4) is 0 Å². The van der Waals surface area contributed by atoms with Crippen LogP contribution in [0.2, 0.25) is 0 Å². The highest BCUT2D eigenvalue weighted by molar-refractivity contribution is 5.89. The quantitative estimate of drug-likeness (QED) is 0.749. The van der Waals surface area contributed by atoms with Gasteiger partial charge >= 0.3 is 6.03 Å². The predicted octanol–water partition coefficient (Wildman–Crippen LogP) is 1.90. The molecule has 0 aliphatic carbocycles. The number of anilines is 1. The maximum absolute atomic E-state index is 11.5. The number of hydrogen-bond donors (Lipinski definition) is 3. The first kappa shape index (κ1) is 14.3. The second kappa shape index (κ2) is 6.86. The van der Waals surface area contributed by atoms with Crippen LogP contribution >= 0.6 is 0 Å². The van der Waals surface area contributed by atoms with Gasteiger partial charge in [0, 0.05) is 12.2 Å². The van der Waals surface area contributed by atoms with Gasteiger partial charge in [0.25, 0.3) is 0 Å². The van der Waals surface area contributed by atoms with Crippen LogP contribution in [0.5, 0.6) is 5.75 Å².